The molecular formula is C14H22N4O2. The molecule has 0 spiro atoms. The molecule has 2 saturated heterocycles. The zero-order chi connectivity index (χ0) is 14.1. The molecule has 0 unspecified atom stereocenters. The van der Waals surface area contributed by atoms with Crippen LogP contribution < -0.4 is 0 Å². The predicted octanol–water partition coefficient (Wildman–Crippen LogP) is 0.242. The molecule has 0 aliphatic carbocycles. The molecule has 0 aromatic carbocycles. The molecule has 3 heterocycles. The minimum Gasteiger partial charge on any atom is -0.374 e. The van der Waals surface area contributed by atoms with E-state index in [0.29, 0.717) is 6.61 Å². The van der Waals surface area contributed by atoms with Gasteiger partial charge in [0.25, 0.3) is 0 Å². The summed E-state index contributed by atoms with van der Waals surface area (Å²) in [4.78, 5) is 20.3. The van der Waals surface area contributed by atoms with Crippen molar-refractivity contribution in [2.24, 2.45) is 7.05 Å². The van der Waals surface area contributed by atoms with Gasteiger partial charge in [-0.05, 0) is 6.42 Å². The molecule has 0 radical (unpaired) electrons. The maximum atomic E-state index is 11.8. The van der Waals surface area contributed by atoms with Crippen LogP contribution in [0.5, 0.6) is 0 Å². The topological polar surface area (TPSA) is 50.6 Å². The third kappa shape index (κ3) is 2.58. The standard InChI is InChI=1S/C14H22N4O2/c1-11(19)18-5-6-20-14-3-4-17(9-13(14)18)8-12-7-15-10-16(12)2/h7,10,13-14H,3-6,8-9H2,1-2H3/t13-,14-/m1/s1. The molecule has 110 valence electrons. The van der Waals surface area contributed by atoms with Crippen LogP contribution in [0.1, 0.15) is 19.0 Å². The SMILES string of the molecule is CC(=O)N1CCO[C@@H]2CCN(Cc3cncn3C)C[C@H]21. The van der Waals surface area contributed by atoms with E-state index < -0.39 is 0 Å². The minimum atomic E-state index is 0.158. The van der Waals surface area contributed by atoms with Gasteiger partial charge in [-0.2, -0.15) is 0 Å². The second-order valence-corrected chi connectivity index (χ2v) is 5.71. The third-order valence-electron chi connectivity index (χ3n) is 4.38. The highest BCUT2D eigenvalue weighted by atomic mass is 16.5. The summed E-state index contributed by atoms with van der Waals surface area (Å²) in [6, 6.07) is 0.197. The van der Waals surface area contributed by atoms with E-state index in [-0.39, 0.29) is 18.1 Å². The average Bonchev–Trinajstić information content (AvgIpc) is 2.83. The van der Waals surface area contributed by atoms with Crippen LogP contribution in [-0.2, 0) is 23.1 Å². The number of hydrogen-bond donors (Lipinski definition) is 0. The molecule has 20 heavy (non-hydrogen) atoms. The second kappa shape index (κ2) is 5.54. The monoisotopic (exact) mass is 278 g/mol. The maximum Gasteiger partial charge on any atom is 0.219 e. The van der Waals surface area contributed by atoms with Crippen LogP contribution >= 0.6 is 0 Å². The Hall–Kier alpha value is -1.40. The van der Waals surface area contributed by atoms with E-state index in [1.54, 1.807) is 6.92 Å². The molecule has 1 aromatic heterocycles. The lowest BCUT2D eigenvalue weighted by molar-refractivity contribution is -0.150. The van der Waals surface area contributed by atoms with Crippen LogP contribution in [0.15, 0.2) is 12.5 Å². The summed E-state index contributed by atoms with van der Waals surface area (Å²) in [6.07, 6.45) is 4.93. The first-order chi connectivity index (χ1) is 9.65. The lowest BCUT2D eigenvalue weighted by Crippen LogP contribution is -2.60. The van der Waals surface area contributed by atoms with Gasteiger partial charge in [0, 0.05) is 46.3 Å². The number of piperidine rings is 1. The van der Waals surface area contributed by atoms with E-state index >= 15 is 0 Å². The van der Waals surface area contributed by atoms with Crippen molar-refractivity contribution in [2.75, 3.05) is 26.2 Å². The first-order valence-electron chi connectivity index (χ1n) is 7.21. The summed E-state index contributed by atoms with van der Waals surface area (Å²) in [5.41, 5.74) is 1.20. The van der Waals surface area contributed by atoms with E-state index in [9.17, 15) is 4.79 Å². The fraction of sp³-hybridized carbons (Fsp3) is 0.714. The fourth-order valence-corrected chi connectivity index (χ4v) is 3.24. The smallest absolute Gasteiger partial charge is 0.219 e. The number of fused-ring (bicyclic) bond motifs is 1. The van der Waals surface area contributed by atoms with Gasteiger partial charge in [0.2, 0.25) is 5.91 Å². The molecule has 0 N–H and O–H groups in total. The number of amides is 1. The number of rotatable bonds is 2. The number of aromatic nitrogens is 2. The van der Waals surface area contributed by atoms with Gasteiger partial charge < -0.3 is 14.2 Å². The summed E-state index contributed by atoms with van der Waals surface area (Å²) in [6.45, 7) is 5.82. The summed E-state index contributed by atoms with van der Waals surface area (Å²) in [7, 11) is 2.01. The van der Waals surface area contributed by atoms with Crippen LogP contribution in [0, 0.1) is 0 Å². The molecular weight excluding hydrogens is 256 g/mol. The van der Waals surface area contributed by atoms with Crippen LogP contribution in [0.25, 0.3) is 0 Å². The normalized spacial score (nSPS) is 27.4. The molecule has 2 aliphatic heterocycles. The third-order valence-corrected chi connectivity index (χ3v) is 4.38. The highest BCUT2D eigenvalue weighted by Crippen LogP contribution is 2.24. The minimum absolute atomic E-state index is 0.158. The van der Waals surface area contributed by atoms with Gasteiger partial charge in [-0.1, -0.05) is 0 Å². The van der Waals surface area contributed by atoms with Crippen molar-refractivity contribution in [1.82, 2.24) is 19.4 Å². The number of ether oxygens (including phenoxy) is 1. The van der Waals surface area contributed by atoms with Gasteiger partial charge in [0.05, 0.1) is 30.8 Å². The van der Waals surface area contributed by atoms with Crippen molar-refractivity contribution < 1.29 is 9.53 Å². The maximum absolute atomic E-state index is 11.8. The molecule has 2 fully saturated rings. The summed E-state index contributed by atoms with van der Waals surface area (Å²) >= 11 is 0. The van der Waals surface area contributed by atoms with E-state index in [4.69, 9.17) is 4.74 Å². The summed E-state index contributed by atoms with van der Waals surface area (Å²) in [5, 5.41) is 0. The van der Waals surface area contributed by atoms with Crippen LogP contribution in [0.2, 0.25) is 0 Å². The van der Waals surface area contributed by atoms with Gasteiger partial charge in [-0.25, -0.2) is 4.98 Å². The quantitative estimate of drug-likeness (QED) is 0.778. The number of morpholine rings is 1. The van der Waals surface area contributed by atoms with Crippen molar-refractivity contribution in [3.05, 3.63) is 18.2 Å². The van der Waals surface area contributed by atoms with Crippen LogP contribution in [0.3, 0.4) is 0 Å². The first kappa shape index (κ1) is 13.6. The van der Waals surface area contributed by atoms with E-state index in [2.05, 4.69) is 9.88 Å². The first-order valence-corrected chi connectivity index (χ1v) is 7.21. The molecule has 1 aromatic rings. The Morgan fingerprint density at radius 2 is 2.35 bits per heavy atom. The summed E-state index contributed by atoms with van der Waals surface area (Å²) in [5.74, 6) is 0.158. The fourth-order valence-electron chi connectivity index (χ4n) is 3.24. The number of carbonyl (C=O) groups excluding carboxylic acids is 1. The Bertz CT molecular complexity index is 487. The Kier molecular flexibility index (Phi) is 3.76. The van der Waals surface area contributed by atoms with Crippen molar-refractivity contribution in [3.8, 4) is 0 Å². The van der Waals surface area contributed by atoms with Crippen molar-refractivity contribution in [1.29, 1.82) is 0 Å². The molecule has 3 rings (SSSR count). The van der Waals surface area contributed by atoms with Crippen molar-refractivity contribution in [3.63, 3.8) is 0 Å². The van der Waals surface area contributed by atoms with Crippen LogP contribution in [-0.4, -0.2) is 63.6 Å². The predicted molar refractivity (Wildman–Crippen MR) is 74.0 cm³/mol. The van der Waals surface area contributed by atoms with Gasteiger partial charge >= 0.3 is 0 Å². The number of aryl methyl sites for hydroxylation is 1. The number of nitrogens with zero attached hydrogens (tertiary/aromatic N) is 4. The van der Waals surface area contributed by atoms with Gasteiger partial charge in [0.1, 0.15) is 0 Å². The summed E-state index contributed by atoms with van der Waals surface area (Å²) < 4.78 is 7.88. The molecule has 0 saturated carbocycles. The van der Waals surface area contributed by atoms with Gasteiger partial charge in [-0.3, -0.25) is 9.69 Å². The number of imidazole rings is 1. The highest BCUT2D eigenvalue weighted by Gasteiger charge is 2.38. The molecule has 2 atom stereocenters. The van der Waals surface area contributed by atoms with Gasteiger partial charge in [0.15, 0.2) is 0 Å². The number of likely N-dealkylation sites (tertiary alicyclic amines) is 1. The zero-order valence-electron chi connectivity index (χ0n) is 12.2. The number of carbonyl (C=O) groups is 1. The Balaban J connectivity index is 1.68. The zero-order valence-corrected chi connectivity index (χ0v) is 12.2. The highest BCUT2D eigenvalue weighted by molar-refractivity contribution is 5.73. The van der Waals surface area contributed by atoms with Crippen molar-refractivity contribution >= 4 is 5.91 Å². The lowest BCUT2D eigenvalue weighted by Gasteiger charge is -2.46. The van der Waals surface area contributed by atoms with Crippen LogP contribution in [0.4, 0.5) is 0 Å². The van der Waals surface area contributed by atoms with E-state index in [0.717, 1.165) is 32.6 Å². The van der Waals surface area contributed by atoms with E-state index in [1.165, 1.54) is 5.69 Å². The average molecular weight is 278 g/mol. The molecule has 6 heteroatoms. The Morgan fingerprint density at radius 3 is 3.05 bits per heavy atom. The number of hydrogen-bond acceptors (Lipinski definition) is 4. The molecule has 0 bridgehead atoms. The molecule has 2 aliphatic rings. The lowest BCUT2D eigenvalue weighted by atomic mass is 9.98. The molecule has 1 amide bonds. The van der Waals surface area contributed by atoms with E-state index in [1.807, 2.05) is 29.0 Å². The molecule has 6 nitrogen and oxygen atoms in total. The Morgan fingerprint density at radius 1 is 1.50 bits per heavy atom. The van der Waals surface area contributed by atoms with Crippen molar-refractivity contribution in [2.45, 2.75) is 32.0 Å². The second-order valence-electron chi connectivity index (χ2n) is 5.71. The Labute approximate surface area is 119 Å². The largest absolute Gasteiger partial charge is 0.374 e. The van der Waals surface area contributed by atoms with Gasteiger partial charge in [-0.15, -0.1) is 0 Å².